The molecule has 100 valence electrons. The largest absolute Gasteiger partial charge is 0.383 e. The van der Waals surface area contributed by atoms with E-state index < -0.39 is 0 Å². The maximum Gasteiger partial charge on any atom is 0.265 e. The first kappa shape index (κ1) is 13.6. The minimum absolute atomic E-state index is 0.0577. The molecule has 4 heteroatoms. The van der Waals surface area contributed by atoms with Crippen molar-refractivity contribution in [3.8, 4) is 0 Å². The Morgan fingerprint density at radius 1 is 1.21 bits per heavy atom. The zero-order chi connectivity index (χ0) is 13.7. The monoisotopic (exact) mass is 274 g/mol. The molecular formula is C15H18N2OS. The second kappa shape index (κ2) is 6.38. The topological polar surface area (TPSA) is 41.1 Å². The number of nitrogens with one attached hydrogen (secondary N) is 2. The molecule has 1 aromatic heterocycles. The van der Waals surface area contributed by atoms with E-state index in [9.17, 15) is 4.79 Å². The first-order valence-electron chi connectivity index (χ1n) is 6.40. The van der Waals surface area contributed by atoms with Gasteiger partial charge in [0.1, 0.15) is 0 Å². The molecule has 3 nitrogen and oxygen atoms in total. The van der Waals surface area contributed by atoms with Crippen LogP contribution in [0.1, 0.15) is 29.9 Å². The van der Waals surface area contributed by atoms with Gasteiger partial charge in [-0.1, -0.05) is 13.0 Å². The average Bonchev–Trinajstić information content (AvgIpc) is 2.95. The summed E-state index contributed by atoms with van der Waals surface area (Å²) in [6, 6.07) is 11.9. The van der Waals surface area contributed by atoms with Crippen molar-refractivity contribution in [2.45, 2.75) is 26.3 Å². The smallest absolute Gasteiger partial charge is 0.265 e. The number of amides is 1. The molecule has 0 aliphatic heterocycles. The van der Waals surface area contributed by atoms with Crippen molar-refractivity contribution in [3.05, 3.63) is 46.7 Å². The van der Waals surface area contributed by atoms with Gasteiger partial charge < -0.3 is 10.6 Å². The molecule has 0 radical (unpaired) electrons. The molecule has 0 aliphatic rings. The Hall–Kier alpha value is -1.81. The lowest BCUT2D eigenvalue weighted by molar-refractivity contribution is 0.103. The Balaban J connectivity index is 1.97. The standard InChI is InChI=1S/C15H18N2OS/c1-3-11(2)16-12-6-8-13(9-7-12)17-15(18)14-5-4-10-19-14/h4-11,16H,3H2,1-2H3,(H,17,18). The van der Waals surface area contributed by atoms with Crippen LogP contribution < -0.4 is 10.6 Å². The van der Waals surface area contributed by atoms with E-state index >= 15 is 0 Å². The number of benzene rings is 1. The molecule has 2 aromatic rings. The van der Waals surface area contributed by atoms with E-state index in [-0.39, 0.29) is 5.91 Å². The highest BCUT2D eigenvalue weighted by atomic mass is 32.1. The van der Waals surface area contributed by atoms with Gasteiger partial charge in [-0.05, 0) is 49.1 Å². The van der Waals surface area contributed by atoms with E-state index in [1.807, 2.05) is 41.8 Å². The fourth-order valence-corrected chi connectivity index (χ4v) is 2.26. The summed E-state index contributed by atoms with van der Waals surface area (Å²) in [7, 11) is 0. The van der Waals surface area contributed by atoms with Crippen LogP contribution in [0.15, 0.2) is 41.8 Å². The van der Waals surface area contributed by atoms with Crippen molar-refractivity contribution in [2.24, 2.45) is 0 Å². The SMILES string of the molecule is CCC(C)Nc1ccc(NC(=O)c2cccs2)cc1. The van der Waals surface area contributed by atoms with Crippen LogP contribution in [-0.4, -0.2) is 11.9 Å². The van der Waals surface area contributed by atoms with Crippen LogP contribution in [0.25, 0.3) is 0 Å². The predicted octanol–water partition coefficient (Wildman–Crippen LogP) is 4.21. The summed E-state index contributed by atoms with van der Waals surface area (Å²) in [4.78, 5) is 12.6. The summed E-state index contributed by atoms with van der Waals surface area (Å²) >= 11 is 1.44. The summed E-state index contributed by atoms with van der Waals surface area (Å²) in [5.41, 5.74) is 1.89. The fourth-order valence-electron chi connectivity index (χ4n) is 1.64. The number of anilines is 2. The zero-order valence-corrected chi connectivity index (χ0v) is 12.0. The summed E-state index contributed by atoms with van der Waals surface area (Å²) in [5.74, 6) is -0.0577. The predicted molar refractivity (Wildman–Crippen MR) is 82.1 cm³/mol. The van der Waals surface area contributed by atoms with Crippen LogP contribution >= 0.6 is 11.3 Å². The summed E-state index contributed by atoms with van der Waals surface area (Å²) in [6.45, 7) is 4.29. The van der Waals surface area contributed by atoms with Gasteiger partial charge in [-0.2, -0.15) is 0 Å². The zero-order valence-electron chi connectivity index (χ0n) is 11.1. The van der Waals surface area contributed by atoms with Crippen LogP contribution in [0, 0.1) is 0 Å². The molecule has 0 aliphatic carbocycles. The van der Waals surface area contributed by atoms with Gasteiger partial charge in [0.05, 0.1) is 4.88 Å². The number of hydrogen-bond donors (Lipinski definition) is 2. The molecule has 1 atom stereocenters. The Bertz CT molecular complexity index is 520. The Morgan fingerprint density at radius 2 is 1.89 bits per heavy atom. The third kappa shape index (κ3) is 3.83. The highest BCUT2D eigenvalue weighted by molar-refractivity contribution is 7.12. The quantitative estimate of drug-likeness (QED) is 0.857. The highest BCUT2D eigenvalue weighted by Gasteiger charge is 2.06. The molecule has 0 bridgehead atoms. The molecule has 0 fully saturated rings. The Labute approximate surface area is 117 Å². The van der Waals surface area contributed by atoms with E-state index in [1.54, 1.807) is 0 Å². The summed E-state index contributed by atoms with van der Waals surface area (Å²) in [6.07, 6.45) is 1.08. The molecule has 1 unspecified atom stereocenters. The van der Waals surface area contributed by atoms with Gasteiger partial charge in [-0.25, -0.2) is 0 Å². The normalized spacial score (nSPS) is 11.9. The molecule has 2 N–H and O–H groups in total. The lowest BCUT2D eigenvalue weighted by Crippen LogP contribution is -2.13. The van der Waals surface area contributed by atoms with Crippen molar-refractivity contribution in [3.63, 3.8) is 0 Å². The molecule has 0 saturated heterocycles. The first-order chi connectivity index (χ1) is 9.19. The van der Waals surface area contributed by atoms with Gasteiger partial charge in [0, 0.05) is 17.4 Å². The van der Waals surface area contributed by atoms with Crippen LogP contribution in [0.4, 0.5) is 11.4 Å². The average molecular weight is 274 g/mol. The van der Waals surface area contributed by atoms with E-state index in [1.165, 1.54) is 11.3 Å². The van der Waals surface area contributed by atoms with Crippen molar-refractivity contribution < 1.29 is 4.79 Å². The Kier molecular flexibility index (Phi) is 4.58. The maximum atomic E-state index is 11.9. The molecule has 2 rings (SSSR count). The van der Waals surface area contributed by atoms with E-state index in [0.717, 1.165) is 22.7 Å². The lowest BCUT2D eigenvalue weighted by atomic mass is 10.2. The molecule has 0 saturated carbocycles. The summed E-state index contributed by atoms with van der Waals surface area (Å²) < 4.78 is 0. The Morgan fingerprint density at radius 3 is 2.47 bits per heavy atom. The third-order valence-corrected chi connectivity index (χ3v) is 3.78. The van der Waals surface area contributed by atoms with Crippen molar-refractivity contribution >= 4 is 28.6 Å². The van der Waals surface area contributed by atoms with E-state index in [4.69, 9.17) is 0 Å². The van der Waals surface area contributed by atoms with Gasteiger partial charge in [0.2, 0.25) is 0 Å². The number of thiophene rings is 1. The molecule has 19 heavy (non-hydrogen) atoms. The molecule has 0 spiro atoms. The molecular weight excluding hydrogens is 256 g/mol. The van der Waals surface area contributed by atoms with Gasteiger partial charge in [0.15, 0.2) is 0 Å². The van der Waals surface area contributed by atoms with Gasteiger partial charge in [-0.15, -0.1) is 11.3 Å². The van der Waals surface area contributed by atoms with Crippen molar-refractivity contribution in [1.29, 1.82) is 0 Å². The molecule has 1 aromatic carbocycles. The van der Waals surface area contributed by atoms with Gasteiger partial charge in [0.25, 0.3) is 5.91 Å². The number of carbonyl (C=O) groups is 1. The van der Waals surface area contributed by atoms with E-state index in [2.05, 4.69) is 24.5 Å². The van der Waals surface area contributed by atoms with Gasteiger partial charge in [-0.3, -0.25) is 4.79 Å². The number of rotatable bonds is 5. The maximum absolute atomic E-state index is 11.9. The van der Waals surface area contributed by atoms with Gasteiger partial charge >= 0.3 is 0 Å². The number of hydrogen-bond acceptors (Lipinski definition) is 3. The number of carbonyl (C=O) groups excluding carboxylic acids is 1. The lowest BCUT2D eigenvalue weighted by Gasteiger charge is -2.13. The second-order valence-corrected chi connectivity index (χ2v) is 5.41. The van der Waals surface area contributed by atoms with Crippen LogP contribution in [0.3, 0.4) is 0 Å². The fraction of sp³-hybridized carbons (Fsp3) is 0.267. The minimum atomic E-state index is -0.0577. The second-order valence-electron chi connectivity index (χ2n) is 4.46. The van der Waals surface area contributed by atoms with Crippen molar-refractivity contribution in [2.75, 3.05) is 10.6 Å². The van der Waals surface area contributed by atoms with Crippen LogP contribution in [0.5, 0.6) is 0 Å². The first-order valence-corrected chi connectivity index (χ1v) is 7.28. The minimum Gasteiger partial charge on any atom is -0.383 e. The van der Waals surface area contributed by atoms with Crippen LogP contribution in [0.2, 0.25) is 0 Å². The molecule has 1 amide bonds. The van der Waals surface area contributed by atoms with Crippen molar-refractivity contribution in [1.82, 2.24) is 0 Å². The van der Waals surface area contributed by atoms with Crippen LogP contribution in [-0.2, 0) is 0 Å². The summed E-state index contributed by atoms with van der Waals surface area (Å²) in [5, 5.41) is 8.17. The van der Waals surface area contributed by atoms with E-state index in [0.29, 0.717) is 6.04 Å². The highest BCUT2D eigenvalue weighted by Crippen LogP contribution is 2.17. The molecule has 1 heterocycles. The third-order valence-electron chi connectivity index (χ3n) is 2.91.